The van der Waals surface area contributed by atoms with Crippen molar-refractivity contribution in [1.82, 2.24) is 0 Å². The Balaban J connectivity index is 2.43. The van der Waals surface area contributed by atoms with Crippen molar-refractivity contribution in [2.45, 2.75) is 31.7 Å². The molecule has 0 heterocycles. The zero-order valence-electron chi connectivity index (χ0n) is 7.84. The standard InChI is InChI=1S/C11H13F2N/c12-11(13)9-3-1-2-7-4-5-8(14)6-10(7)9/h1-3,8,11H,4-6,14H2. The van der Waals surface area contributed by atoms with Gasteiger partial charge in [-0.2, -0.15) is 0 Å². The van der Waals surface area contributed by atoms with Crippen molar-refractivity contribution in [2.75, 3.05) is 0 Å². The number of hydrogen-bond acceptors (Lipinski definition) is 1. The Kier molecular flexibility index (Phi) is 2.50. The van der Waals surface area contributed by atoms with Crippen LogP contribution >= 0.6 is 0 Å². The summed E-state index contributed by atoms with van der Waals surface area (Å²) in [6.07, 6.45) is -0.0534. The van der Waals surface area contributed by atoms with Gasteiger partial charge in [0, 0.05) is 11.6 Å². The van der Waals surface area contributed by atoms with E-state index in [4.69, 9.17) is 5.73 Å². The highest BCUT2D eigenvalue weighted by Gasteiger charge is 2.21. The number of aryl methyl sites for hydroxylation is 1. The SMILES string of the molecule is NC1CCc2cccc(C(F)F)c2C1. The molecule has 0 fully saturated rings. The number of rotatable bonds is 1. The smallest absolute Gasteiger partial charge is 0.264 e. The Bertz CT molecular complexity index is 336. The minimum Gasteiger partial charge on any atom is -0.327 e. The molecule has 1 aromatic carbocycles. The maximum atomic E-state index is 12.6. The number of nitrogens with two attached hydrogens (primary N) is 1. The molecule has 2 rings (SSSR count). The van der Waals surface area contributed by atoms with E-state index in [1.807, 2.05) is 6.07 Å². The number of halogens is 2. The van der Waals surface area contributed by atoms with E-state index in [0.29, 0.717) is 6.42 Å². The summed E-state index contributed by atoms with van der Waals surface area (Å²) in [5, 5.41) is 0. The van der Waals surface area contributed by atoms with Gasteiger partial charge in [-0.15, -0.1) is 0 Å². The van der Waals surface area contributed by atoms with Gasteiger partial charge < -0.3 is 5.73 Å². The molecule has 1 unspecified atom stereocenters. The topological polar surface area (TPSA) is 26.0 Å². The van der Waals surface area contributed by atoms with Crippen molar-refractivity contribution in [1.29, 1.82) is 0 Å². The summed E-state index contributed by atoms with van der Waals surface area (Å²) in [6, 6.07) is 5.17. The van der Waals surface area contributed by atoms with E-state index >= 15 is 0 Å². The highest BCUT2D eigenvalue weighted by molar-refractivity contribution is 5.38. The average molecular weight is 197 g/mol. The highest BCUT2D eigenvalue weighted by Crippen LogP contribution is 2.30. The van der Waals surface area contributed by atoms with Gasteiger partial charge in [0.25, 0.3) is 6.43 Å². The van der Waals surface area contributed by atoms with Crippen LogP contribution in [0.25, 0.3) is 0 Å². The lowest BCUT2D eigenvalue weighted by molar-refractivity contribution is 0.149. The predicted octanol–water partition coefficient (Wildman–Crippen LogP) is 2.44. The van der Waals surface area contributed by atoms with Crippen LogP contribution in [0.2, 0.25) is 0 Å². The fraction of sp³-hybridized carbons (Fsp3) is 0.455. The number of fused-ring (bicyclic) bond motifs is 1. The first kappa shape index (κ1) is 9.59. The van der Waals surface area contributed by atoms with Crippen LogP contribution in [-0.4, -0.2) is 6.04 Å². The summed E-state index contributed by atoms with van der Waals surface area (Å²) in [7, 11) is 0. The van der Waals surface area contributed by atoms with Crippen molar-refractivity contribution in [3.05, 3.63) is 34.9 Å². The molecule has 0 amide bonds. The molecule has 1 aliphatic rings. The minimum absolute atomic E-state index is 0.0439. The van der Waals surface area contributed by atoms with Crippen molar-refractivity contribution in [3.8, 4) is 0 Å². The maximum Gasteiger partial charge on any atom is 0.264 e. The van der Waals surface area contributed by atoms with Crippen molar-refractivity contribution in [3.63, 3.8) is 0 Å². The van der Waals surface area contributed by atoms with E-state index in [1.165, 1.54) is 6.07 Å². The monoisotopic (exact) mass is 197 g/mol. The molecule has 0 saturated heterocycles. The van der Waals surface area contributed by atoms with Crippen molar-refractivity contribution < 1.29 is 8.78 Å². The van der Waals surface area contributed by atoms with Crippen LogP contribution in [0.1, 0.15) is 29.5 Å². The molecular weight excluding hydrogens is 184 g/mol. The Morgan fingerprint density at radius 2 is 2.14 bits per heavy atom. The van der Waals surface area contributed by atoms with E-state index in [2.05, 4.69) is 0 Å². The van der Waals surface area contributed by atoms with Gasteiger partial charge in [0.05, 0.1) is 0 Å². The van der Waals surface area contributed by atoms with E-state index in [1.54, 1.807) is 6.07 Å². The predicted molar refractivity (Wildman–Crippen MR) is 51.4 cm³/mol. The van der Waals surface area contributed by atoms with Crippen LogP contribution in [0.15, 0.2) is 18.2 Å². The highest BCUT2D eigenvalue weighted by atomic mass is 19.3. The zero-order chi connectivity index (χ0) is 10.1. The van der Waals surface area contributed by atoms with Crippen molar-refractivity contribution in [2.24, 2.45) is 5.73 Å². The van der Waals surface area contributed by atoms with Crippen molar-refractivity contribution >= 4 is 0 Å². The Morgan fingerprint density at radius 3 is 2.86 bits per heavy atom. The molecule has 3 heteroatoms. The van der Waals surface area contributed by atoms with E-state index in [9.17, 15) is 8.78 Å². The second-order valence-corrected chi connectivity index (χ2v) is 3.79. The first-order chi connectivity index (χ1) is 6.68. The third-order valence-electron chi connectivity index (χ3n) is 2.80. The van der Waals surface area contributed by atoms with Gasteiger partial charge in [-0.25, -0.2) is 8.78 Å². The number of hydrogen-bond donors (Lipinski definition) is 1. The molecule has 1 aromatic rings. The first-order valence-electron chi connectivity index (χ1n) is 4.83. The average Bonchev–Trinajstić information content (AvgIpc) is 2.16. The zero-order valence-corrected chi connectivity index (χ0v) is 7.84. The number of alkyl halides is 2. The maximum absolute atomic E-state index is 12.6. The molecule has 0 bridgehead atoms. The number of benzene rings is 1. The van der Waals surface area contributed by atoms with Crippen LogP contribution in [0.4, 0.5) is 8.78 Å². The summed E-state index contributed by atoms with van der Waals surface area (Å²) in [5.74, 6) is 0. The molecule has 0 saturated carbocycles. The summed E-state index contributed by atoms with van der Waals surface area (Å²) in [6.45, 7) is 0. The fourth-order valence-electron chi connectivity index (χ4n) is 2.05. The molecule has 1 atom stereocenters. The van der Waals surface area contributed by atoms with Gasteiger partial charge in [0.1, 0.15) is 0 Å². The quantitative estimate of drug-likeness (QED) is 0.735. The Labute approximate surface area is 81.9 Å². The van der Waals surface area contributed by atoms with Crippen LogP contribution in [-0.2, 0) is 12.8 Å². The van der Waals surface area contributed by atoms with Gasteiger partial charge in [-0.3, -0.25) is 0 Å². The third-order valence-corrected chi connectivity index (χ3v) is 2.80. The largest absolute Gasteiger partial charge is 0.327 e. The van der Waals surface area contributed by atoms with E-state index in [-0.39, 0.29) is 11.6 Å². The molecule has 14 heavy (non-hydrogen) atoms. The molecule has 0 aromatic heterocycles. The molecule has 0 radical (unpaired) electrons. The summed E-state index contributed by atoms with van der Waals surface area (Å²) < 4.78 is 25.3. The molecule has 2 N–H and O–H groups in total. The summed E-state index contributed by atoms with van der Waals surface area (Å²) in [4.78, 5) is 0. The van der Waals surface area contributed by atoms with Gasteiger partial charge in [-0.1, -0.05) is 18.2 Å². The minimum atomic E-state index is -2.38. The van der Waals surface area contributed by atoms with Gasteiger partial charge in [0.15, 0.2) is 0 Å². The lowest BCUT2D eigenvalue weighted by atomic mass is 9.86. The summed E-state index contributed by atoms with van der Waals surface area (Å²) >= 11 is 0. The van der Waals surface area contributed by atoms with E-state index < -0.39 is 6.43 Å². The van der Waals surface area contributed by atoms with Crippen LogP contribution in [0, 0.1) is 0 Å². The molecular formula is C11H13F2N. The van der Waals surface area contributed by atoms with Crippen LogP contribution < -0.4 is 5.73 Å². The first-order valence-corrected chi connectivity index (χ1v) is 4.83. The second kappa shape index (κ2) is 3.65. The molecule has 1 aliphatic carbocycles. The Morgan fingerprint density at radius 1 is 1.36 bits per heavy atom. The normalized spacial score (nSPS) is 21.0. The lowest BCUT2D eigenvalue weighted by Crippen LogP contribution is -2.28. The van der Waals surface area contributed by atoms with Gasteiger partial charge >= 0.3 is 0 Å². The molecule has 0 aliphatic heterocycles. The van der Waals surface area contributed by atoms with Crippen LogP contribution in [0.3, 0.4) is 0 Å². The molecule has 76 valence electrons. The van der Waals surface area contributed by atoms with Gasteiger partial charge in [0.2, 0.25) is 0 Å². The second-order valence-electron chi connectivity index (χ2n) is 3.79. The lowest BCUT2D eigenvalue weighted by Gasteiger charge is -2.23. The van der Waals surface area contributed by atoms with Crippen LogP contribution in [0.5, 0.6) is 0 Å². The fourth-order valence-corrected chi connectivity index (χ4v) is 2.05. The third kappa shape index (κ3) is 1.64. The summed E-state index contributed by atoms with van der Waals surface area (Å²) in [5.41, 5.74) is 7.76. The molecule has 1 nitrogen and oxygen atoms in total. The van der Waals surface area contributed by atoms with E-state index in [0.717, 1.165) is 24.0 Å². The van der Waals surface area contributed by atoms with Gasteiger partial charge in [-0.05, 0) is 30.4 Å². The Hall–Kier alpha value is -0.960. The molecule has 0 spiro atoms.